The number of likely N-dealkylation sites (tertiary alicyclic amines) is 1. The first-order valence-electron chi connectivity index (χ1n) is 13.0. The predicted molar refractivity (Wildman–Crippen MR) is 143 cm³/mol. The Labute approximate surface area is 218 Å². The first-order chi connectivity index (χ1) is 17.9. The number of imidazole rings is 1. The van der Waals surface area contributed by atoms with Crippen LogP contribution in [0.5, 0.6) is 5.75 Å². The number of carbonyl (C=O) groups is 1. The summed E-state index contributed by atoms with van der Waals surface area (Å²) in [4.78, 5) is 19.9. The number of halogens is 1. The molecule has 0 bridgehead atoms. The Kier molecular flexibility index (Phi) is 8.73. The van der Waals surface area contributed by atoms with Crippen molar-refractivity contribution in [1.29, 1.82) is 5.26 Å². The highest BCUT2D eigenvalue weighted by atomic mass is 19.1. The van der Waals surface area contributed by atoms with Gasteiger partial charge in [0.15, 0.2) is 17.3 Å². The maximum absolute atomic E-state index is 14.0. The van der Waals surface area contributed by atoms with E-state index in [0.717, 1.165) is 50.2 Å². The second-order valence-electron chi connectivity index (χ2n) is 10.3. The van der Waals surface area contributed by atoms with Crippen molar-refractivity contribution in [3.05, 3.63) is 60.0 Å². The predicted octanol–water partition coefficient (Wildman–Crippen LogP) is 5.76. The highest BCUT2D eigenvalue weighted by Gasteiger charge is 2.19. The zero-order chi connectivity index (χ0) is 26.4. The van der Waals surface area contributed by atoms with Crippen molar-refractivity contribution < 1.29 is 13.9 Å². The Morgan fingerprint density at radius 3 is 2.51 bits per heavy atom. The molecule has 0 atom stereocenters. The normalized spacial score (nSPS) is 14.6. The van der Waals surface area contributed by atoms with Gasteiger partial charge in [-0.2, -0.15) is 5.26 Å². The first kappa shape index (κ1) is 26.6. The van der Waals surface area contributed by atoms with Gasteiger partial charge in [0.1, 0.15) is 5.82 Å². The molecule has 37 heavy (non-hydrogen) atoms. The smallest absolute Gasteiger partial charge is 0.165 e. The molecule has 0 amide bonds. The van der Waals surface area contributed by atoms with E-state index < -0.39 is 5.82 Å². The molecule has 1 fully saturated rings. The van der Waals surface area contributed by atoms with Crippen LogP contribution in [0, 0.1) is 29.0 Å². The fourth-order valence-corrected chi connectivity index (χ4v) is 4.83. The molecule has 6 nitrogen and oxygen atoms in total. The van der Waals surface area contributed by atoms with Gasteiger partial charge >= 0.3 is 0 Å². The lowest BCUT2D eigenvalue weighted by molar-refractivity contribution is -0.120. The van der Waals surface area contributed by atoms with E-state index >= 15 is 0 Å². The summed E-state index contributed by atoms with van der Waals surface area (Å²) in [5.41, 5.74) is 3.67. The maximum Gasteiger partial charge on any atom is 0.165 e. The molecule has 4 rings (SSSR count). The van der Waals surface area contributed by atoms with Gasteiger partial charge in [0.05, 0.1) is 25.4 Å². The SMILES string of the molecule is COc1cc(-c2nc(-c3ccc(CCN4CCC(C#N)CC4)cc3)cn2CC(=O)CC(C)C)ccc1F. The summed E-state index contributed by atoms with van der Waals surface area (Å²) in [5, 5.41) is 9.09. The van der Waals surface area contributed by atoms with Crippen LogP contribution in [0.1, 0.15) is 38.7 Å². The Morgan fingerprint density at radius 1 is 1.16 bits per heavy atom. The van der Waals surface area contributed by atoms with Crippen molar-refractivity contribution in [2.24, 2.45) is 11.8 Å². The van der Waals surface area contributed by atoms with E-state index in [1.165, 1.54) is 18.7 Å². The third-order valence-corrected chi connectivity index (χ3v) is 6.91. The van der Waals surface area contributed by atoms with Gasteiger partial charge in [-0.05, 0) is 62.0 Å². The number of aromatic nitrogens is 2. The van der Waals surface area contributed by atoms with E-state index in [2.05, 4.69) is 35.2 Å². The van der Waals surface area contributed by atoms with Crippen LogP contribution in [-0.4, -0.2) is 47.0 Å². The molecule has 0 aliphatic carbocycles. The molecule has 0 unspecified atom stereocenters. The average Bonchev–Trinajstić information content (AvgIpc) is 3.31. The molecular weight excluding hydrogens is 467 g/mol. The van der Waals surface area contributed by atoms with Gasteiger partial charge in [-0.25, -0.2) is 9.37 Å². The molecule has 194 valence electrons. The highest BCUT2D eigenvalue weighted by molar-refractivity contribution is 5.79. The Hall–Kier alpha value is -3.50. The van der Waals surface area contributed by atoms with Gasteiger partial charge in [-0.1, -0.05) is 38.1 Å². The monoisotopic (exact) mass is 502 g/mol. The van der Waals surface area contributed by atoms with E-state index in [1.807, 2.05) is 24.6 Å². The number of ether oxygens (including phenoxy) is 1. The number of rotatable bonds is 10. The number of methoxy groups -OCH3 is 1. The lowest BCUT2D eigenvalue weighted by Crippen LogP contribution is -2.34. The van der Waals surface area contributed by atoms with Crippen LogP contribution in [0.15, 0.2) is 48.7 Å². The van der Waals surface area contributed by atoms with Crippen molar-refractivity contribution in [3.8, 4) is 34.5 Å². The van der Waals surface area contributed by atoms with Gasteiger partial charge in [0.2, 0.25) is 0 Å². The minimum Gasteiger partial charge on any atom is -0.494 e. The first-order valence-corrected chi connectivity index (χ1v) is 13.0. The fraction of sp³-hybridized carbons (Fsp3) is 0.433. The molecule has 0 spiro atoms. The molecule has 1 aliphatic rings. The van der Waals surface area contributed by atoms with Crippen molar-refractivity contribution >= 4 is 5.78 Å². The number of piperidine rings is 1. The average molecular weight is 503 g/mol. The molecule has 0 radical (unpaired) electrons. The number of hydrogen-bond acceptors (Lipinski definition) is 5. The van der Waals surface area contributed by atoms with E-state index in [9.17, 15) is 9.18 Å². The van der Waals surface area contributed by atoms with Crippen LogP contribution >= 0.6 is 0 Å². The Morgan fingerprint density at radius 2 is 1.86 bits per heavy atom. The lowest BCUT2D eigenvalue weighted by Gasteiger charge is -2.28. The number of benzene rings is 2. The number of ketones is 1. The zero-order valence-electron chi connectivity index (χ0n) is 21.9. The molecule has 2 aromatic carbocycles. The molecular formula is C30H35FN4O2. The number of nitriles is 1. The van der Waals surface area contributed by atoms with Gasteiger partial charge in [-0.3, -0.25) is 4.79 Å². The standard InChI is InChI=1S/C30H35FN4O2/c1-21(2)16-26(36)19-35-20-28(33-30(35)25-8-9-27(31)29(17-25)37-3)24-6-4-22(5-7-24)10-13-34-14-11-23(18-32)12-15-34/h4-9,17,20-21,23H,10-16,19H2,1-3H3. The summed E-state index contributed by atoms with van der Waals surface area (Å²) >= 11 is 0. The maximum atomic E-state index is 14.0. The minimum absolute atomic E-state index is 0.128. The minimum atomic E-state index is -0.439. The molecule has 2 heterocycles. The summed E-state index contributed by atoms with van der Waals surface area (Å²) in [6.45, 7) is 7.22. The molecule has 0 saturated carbocycles. The quantitative estimate of drug-likeness (QED) is 0.353. The van der Waals surface area contributed by atoms with Crippen molar-refractivity contribution in [2.45, 2.75) is 46.1 Å². The topological polar surface area (TPSA) is 71.2 Å². The van der Waals surface area contributed by atoms with E-state index in [0.29, 0.717) is 17.8 Å². The van der Waals surface area contributed by atoms with Crippen LogP contribution in [0.25, 0.3) is 22.6 Å². The number of carbonyl (C=O) groups excluding carboxylic acids is 1. The Balaban J connectivity index is 1.52. The van der Waals surface area contributed by atoms with Crippen LogP contribution < -0.4 is 4.74 Å². The van der Waals surface area contributed by atoms with Crippen LogP contribution in [-0.2, 0) is 17.8 Å². The largest absolute Gasteiger partial charge is 0.494 e. The van der Waals surface area contributed by atoms with Gasteiger partial charge in [0, 0.05) is 36.2 Å². The van der Waals surface area contributed by atoms with Crippen molar-refractivity contribution in [3.63, 3.8) is 0 Å². The summed E-state index contributed by atoms with van der Waals surface area (Å²) in [6, 6.07) is 15.4. The summed E-state index contributed by atoms with van der Waals surface area (Å²) in [6.07, 6.45) is 5.26. The van der Waals surface area contributed by atoms with E-state index in [1.54, 1.807) is 12.1 Å². The van der Waals surface area contributed by atoms with Gasteiger partial charge < -0.3 is 14.2 Å². The molecule has 1 aromatic heterocycles. The van der Waals surface area contributed by atoms with Gasteiger partial charge in [-0.15, -0.1) is 0 Å². The van der Waals surface area contributed by atoms with Crippen LogP contribution in [0.4, 0.5) is 4.39 Å². The Bertz CT molecular complexity index is 1250. The molecule has 3 aromatic rings. The van der Waals surface area contributed by atoms with E-state index in [-0.39, 0.29) is 29.9 Å². The lowest BCUT2D eigenvalue weighted by atomic mass is 9.98. The highest BCUT2D eigenvalue weighted by Crippen LogP contribution is 2.29. The third kappa shape index (κ3) is 6.84. The zero-order valence-corrected chi connectivity index (χ0v) is 21.9. The fourth-order valence-electron chi connectivity index (χ4n) is 4.83. The number of hydrogen-bond donors (Lipinski definition) is 0. The molecule has 1 aliphatic heterocycles. The second kappa shape index (κ2) is 12.2. The van der Waals surface area contributed by atoms with Gasteiger partial charge in [0.25, 0.3) is 0 Å². The number of Topliss-reactive ketones (excluding diaryl/α,β-unsaturated/α-hetero) is 1. The second-order valence-corrected chi connectivity index (χ2v) is 10.3. The summed E-state index contributed by atoms with van der Waals surface area (Å²) in [7, 11) is 1.43. The van der Waals surface area contributed by atoms with Crippen molar-refractivity contribution in [1.82, 2.24) is 14.5 Å². The van der Waals surface area contributed by atoms with Crippen molar-refractivity contribution in [2.75, 3.05) is 26.7 Å². The van der Waals surface area contributed by atoms with Crippen LogP contribution in [0.2, 0.25) is 0 Å². The number of nitrogens with zero attached hydrogens (tertiary/aromatic N) is 4. The third-order valence-electron chi connectivity index (χ3n) is 6.91. The summed E-state index contributed by atoms with van der Waals surface area (Å²) in [5.74, 6) is 0.916. The summed E-state index contributed by atoms with van der Waals surface area (Å²) < 4.78 is 21.1. The molecule has 7 heteroatoms. The molecule has 1 saturated heterocycles. The van der Waals surface area contributed by atoms with Crippen LogP contribution in [0.3, 0.4) is 0 Å². The van der Waals surface area contributed by atoms with E-state index in [4.69, 9.17) is 15.0 Å². The molecule has 0 N–H and O–H groups in total.